The van der Waals surface area contributed by atoms with Crippen molar-refractivity contribution < 1.29 is 14.6 Å². The molecule has 5 nitrogen and oxygen atoms in total. The zero-order valence-corrected chi connectivity index (χ0v) is 10.3. The van der Waals surface area contributed by atoms with Gasteiger partial charge >= 0.3 is 5.97 Å². The van der Waals surface area contributed by atoms with E-state index in [0.29, 0.717) is 13.2 Å². The Morgan fingerprint density at radius 1 is 1.47 bits per heavy atom. The standard InChI is InChI=1S/C12H17NO4/c1-4-17-12(2,3)8-13-7-9(11(15)16)5-6-10(13)14/h5-7H,4,8H2,1-3H3,(H,15,16). The molecule has 0 saturated carbocycles. The quantitative estimate of drug-likeness (QED) is 0.842. The molecule has 0 aromatic carbocycles. The molecule has 0 atom stereocenters. The first-order chi connectivity index (χ1) is 7.85. The van der Waals surface area contributed by atoms with Crippen LogP contribution in [0.4, 0.5) is 0 Å². The number of carboxylic acids is 1. The van der Waals surface area contributed by atoms with Crippen molar-refractivity contribution in [1.29, 1.82) is 0 Å². The molecule has 1 aromatic rings. The smallest absolute Gasteiger partial charge is 0.337 e. The molecule has 5 heteroatoms. The molecule has 94 valence electrons. The number of nitrogens with zero attached hydrogens (tertiary/aromatic N) is 1. The summed E-state index contributed by atoms with van der Waals surface area (Å²) in [4.78, 5) is 22.4. The molecule has 1 heterocycles. The molecule has 0 bridgehead atoms. The van der Waals surface area contributed by atoms with Gasteiger partial charge in [0.2, 0.25) is 0 Å². The molecule has 0 fully saturated rings. The molecule has 0 unspecified atom stereocenters. The van der Waals surface area contributed by atoms with Crippen LogP contribution in [0.2, 0.25) is 0 Å². The van der Waals surface area contributed by atoms with Gasteiger partial charge in [-0.1, -0.05) is 0 Å². The summed E-state index contributed by atoms with van der Waals surface area (Å²) < 4.78 is 6.84. The maximum atomic E-state index is 11.6. The van der Waals surface area contributed by atoms with Crippen LogP contribution < -0.4 is 5.56 Å². The molecule has 0 aliphatic carbocycles. The normalized spacial score (nSPS) is 11.5. The number of hydrogen-bond acceptors (Lipinski definition) is 3. The maximum Gasteiger partial charge on any atom is 0.337 e. The summed E-state index contributed by atoms with van der Waals surface area (Å²) in [6, 6.07) is 2.56. The number of rotatable bonds is 5. The Bertz CT molecular complexity index is 462. The fourth-order valence-electron chi connectivity index (χ4n) is 1.63. The minimum absolute atomic E-state index is 0.0944. The van der Waals surface area contributed by atoms with Crippen LogP contribution >= 0.6 is 0 Å². The van der Waals surface area contributed by atoms with E-state index in [0.717, 1.165) is 0 Å². The van der Waals surface area contributed by atoms with E-state index in [1.54, 1.807) is 0 Å². The van der Waals surface area contributed by atoms with E-state index >= 15 is 0 Å². The highest BCUT2D eigenvalue weighted by Gasteiger charge is 2.19. The molecular weight excluding hydrogens is 222 g/mol. The van der Waals surface area contributed by atoms with E-state index in [9.17, 15) is 9.59 Å². The number of aromatic carboxylic acids is 1. The summed E-state index contributed by atoms with van der Waals surface area (Å²) in [5.74, 6) is -1.05. The van der Waals surface area contributed by atoms with Crippen LogP contribution in [0.15, 0.2) is 23.1 Å². The van der Waals surface area contributed by atoms with Crippen molar-refractivity contribution in [1.82, 2.24) is 4.57 Å². The number of hydrogen-bond donors (Lipinski definition) is 1. The second-order valence-electron chi connectivity index (χ2n) is 4.38. The van der Waals surface area contributed by atoms with Crippen molar-refractivity contribution in [3.63, 3.8) is 0 Å². The maximum absolute atomic E-state index is 11.6. The van der Waals surface area contributed by atoms with Gasteiger partial charge in [0, 0.05) is 18.9 Å². The molecule has 0 spiro atoms. The lowest BCUT2D eigenvalue weighted by Gasteiger charge is -2.25. The average molecular weight is 239 g/mol. The summed E-state index contributed by atoms with van der Waals surface area (Å²) >= 11 is 0. The first-order valence-electron chi connectivity index (χ1n) is 5.43. The van der Waals surface area contributed by atoms with E-state index in [4.69, 9.17) is 9.84 Å². The molecule has 0 aliphatic heterocycles. The molecular formula is C12H17NO4. The molecule has 1 rings (SSSR count). The van der Waals surface area contributed by atoms with E-state index in [2.05, 4.69) is 0 Å². The van der Waals surface area contributed by atoms with Crippen LogP contribution in [0.1, 0.15) is 31.1 Å². The summed E-state index contributed by atoms with van der Waals surface area (Å²) in [5, 5.41) is 8.86. The van der Waals surface area contributed by atoms with E-state index in [1.807, 2.05) is 20.8 Å². The molecule has 0 radical (unpaired) electrons. The first-order valence-corrected chi connectivity index (χ1v) is 5.43. The molecule has 0 aliphatic rings. The van der Waals surface area contributed by atoms with Crippen molar-refractivity contribution in [2.75, 3.05) is 6.61 Å². The third-order valence-corrected chi connectivity index (χ3v) is 2.32. The summed E-state index contributed by atoms with van der Waals surface area (Å²) in [6.45, 7) is 6.45. The Morgan fingerprint density at radius 3 is 2.65 bits per heavy atom. The number of ether oxygens (including phenoxy) is 1. The van der Waals surface area contributed by atoms with Crippen LogP contribution in [-0.4, -0.2) is 27.9 Å². The van der Waals surface area contributed by atoms with Gasteiger partial charge in [-0.2, -0.15) is 0 Å². The summed E-state index contributed by atoms with van der Waals surface area (Å²) in [7, 11) is 0. The minimum atomic E-state index is -1.05. The Morgan fingerprint density at radius 2 is 2.12 bits per heavy atom. The first kappa shape index (κ1) is 13.4. The fraction of sp³-hybridized carbons (Fsp3) is 0.500. The van der Waals surface area contributed by atoms with Gasteiger partial charge in [-0.25, -0.2) is 4.79 Å². The average Bonchev–Trinajstić information content (AvgIpc) is 2.20. The Hall–Kier alpha value is -1.62. The van der Waals surface area contributed by atoms with Crippen LogP contribution in [0.25, 0.3) is 0 Å². The van der Waals surface area contributed by atoms with Crippen molar-refractivity contribution in [3.05, 3.63) is 34.2 Å². The van der Waals surface area contributed by atoms with Gasteiger partial charge in [0.25, 0.3) is 5.56 Å². The molecule has 17 heavy (non-hydrogen) atoms. The lowest BCUT2D eigenvalue weighted by molar-refractivity contribution is -0.0231. The van der Waals surface area contributed by atoms with Gasteiger partial charge in [-0.15, -0.1) is 0 Å². The largest absolute Gasteiger partial charge is 0.478 e. The predicted molar refractivity (Wildman–Crippen MR) is 63.4 cm³/mol. The Labute approximate surface area is 99.6 Å². The van der Waals surface area contributed by atoms with Crippen LogP contribution in [0.5, 0.6) is 0 Å². The summed E-state index contributed by atoms with van der Waals surface area (Å²) in [5.41, 5.74) is -0.643. The van der Waals surface area contributed by atoms with Gasteiger partial charge in [0.1, 0.15) is 0 Å². The highest BCUT2D eigenvalue weighted by atomic mass is 16.5. The van der Waals surface area contributed by atoms with Crippen molar-refractivity contribution in [3.8, 4) is 0 Å². The molecule has 0 saturated heterocycles. The van der Waals surface area contributed by atoms with Gasteiger partial charge in [-0.05, 0) is 26.8 Å². The monoisotopic (exact) mass is 239 g/mol. The van der Waals surface area contributed by atoms with E-state index < -0.39 is 11.6 Å². The number of pyridine rings is 1. The van der Waals surface area contributed by atoms with Gasteiger partial charge in [0.15, 0.2) is 0 Å². The fourth-order valence-corrected chi connectivity index (χ4v) is 1.63. The summed E-state index contributed by atoms with van der Waals surface area (Å²) in [6.07, 6.45) is 1.34. The highest BCUT2D eigenvalue weighted by Crippen LogP contribution is 2.11. The third kappa shape index (κ3) is 3.71. The number of aromatic nitrogens is 1. The zero-order chi connectivity index (χ0) is 13.1. The minimum Gasteiger partial charge on any atom is -0.478 e. The molecule has 1 aromatic heterocycles. The van der Waals surface area contributed by atoms with Crippen LogP contribution in [0, 0.1) is 0 Å². The Kier molecular flexibility index (Phi) is 4.07. The SMILES string of the molecule is CCOC(C)(C)Cn1cc(C(=O)O)ccc1=O. The van der Waals surface area contributed by atoms with E-state index in [1.165, 1.54) is 22.9 Å². The van der Waals surface area contributed by atoms with Gasteiger partial charge in [-0.3, -0.25) is 4.79 Å². The predicted octanol–water partition coefficient (Wildman–Crippen LogP) is 1.36. The second-order valence-corrected chi connectivity index (χ2v) is 4.38. The lowest BCUT2D eigenvalue weighted by Crippen LogP contribution is -2.35. The van der Waals surface area contributed by atoms with Crippen molar-refractivity contribution >= 4 is 5.97 Å². The van der Waals surface area contributed by atoms with Crippen molar-refractivity contribution in [2.45, 2.75) is 32.9 Å². The third-order valence-electron chi connectivity index (χ3n) is 2.32. The number of carboxylic acid groups (broad SMARTS) is 1. The highest BCUT2D eigenvalue weighted by molar-refractivity contribution is 5.87. The topological polar surface area (TPSA) is 68.5 Å². The second kappa shape index (κ2) is 5.14. The van der Waals surface area contributed by atoms with Crippen molar-refractivity contribution in [2.24, 2.45) is 0 Å². The molecule has 1 N–H and O–H groups in total. The van der Waals surface area contributed by atoms with Crippen LogP contribution in [-0.2, 0) is 11.3 Å². The van der Waals surface area contributed by atoms with Gasteiger partial charge in [0.05, 0.1) is 17.7 Å². The zero-order valence-electron chi connectivity index (χ0n) is 10.3. The van der Waals surface area contributed by atoms with E-state index in [-0.39, 0.29) is 11.1 Å². The Balaban J connectivity index is 3.01. The van der Waals surface area contributed by atoms with Crippen LogP contribution in [0.3, 0.4) is 0 Å². The molecule has 0 amide bonds. The lowest BCUT2D eigenvalue weighted by atomic mass is 10.1. The van der Waals surface area contributed by atoms with Gasteiger partial charge < -0.3 is 14.4 Å². The number of carbonyl (C=O) groups is 1.